The third-order valence-corrected chi connectivity index (χ3v) is 16.7. The molecule has 0 aliphatic heterocycles. The van der Waals surface area contributed by atoms with Crippen LogP contribution in [0.5, 0.6) is 0 Å². The van der Waals surface area contributed by atoms with Crippen molar-refractivity contribution in [2.45, 2.75) is 342 Å². The zero-order chi connectivity index (χ0) is 61.3. The van der Waals surface area contributed by atoms with Crippen molar-refractivity contribution in [1.29, 1.82) is 0 Å². The van der Waals surface area contributed by atoms with Gasteiger partial charge in [0.1, 0.15) is 19.3 Å². The second-order valence-corrected chi connectivity index (χ2v) is 26.5. The van der Waals surface area contributed by atoms with Gasteiger partial charge in [0.25, 0.3) is 0 Å². The molecule has 2 unspecified atom stereocenters. The number of carbonyl (C=O) groups is 4. The SMILES string of the molecule is CCCCCCCCCCCCCCCCC(=O)O[C@H](COC(=O)CCCCCCCCCCCCCC)COP(=O)(O)OC[C@@H](O)COP(=O)(O)OC[C@@H](COC(=O)CCCCCCCCC)OC(=O)CCCCCCCCCC(C)C. The standard InChI is InChI=1S/C64H124O17P2/c1-6-9-12-15-18-20-22-24-25-27-29-34-39-44-49-63(68)80-60(54-75-62(67)48-43-38-33-28-26-23-21-19-16-13-10-7-2)56-79-83(72,73)77-52-58(65)51-76-82(70,71)78-55-59(53-74-61(66)47-42-37-31-17-14-11-8-3)81-64(69)50-45-40-35-30-32-36-41-46-57(4)5/h57-60,65H,6-56H2,1-5H3,(H,70,71)(H,72,73)/t58-,59+,60+/m0/s1. The fourth-order valence-electron chi connectivity index (χ4n) is 9.58. The Balaban J connectivity index is 5.21. The van der Waals surface area contributed by atoms with E-state index in [1.165, 1.54) is 135 Å². The molecule has 0 aliphatic carbocycles. The molecular weight excluding hydrogens is 1100 g/mol. The number of phosphoric acid groups is 2. The second kappa shape index (κ2) is 57.8. The van der Waals surface area contributed by atoms with E-state index in [4.69, 9.17) is 37.0 Å². The van der Waals surface area contributed by atoms with E-state index in [-0.39, 0.29) is 25.7 Å². The number of unbranched alkanes of at least 4 members (excludes halogenated alkanes) is 36. The van der Waals surface area contributed by atoms with Crippen molar-refractivity contribution in [2.24, 2.45) is 5.92 Å². The summed E-state index contributed by atoms with van der Waals surface area (Å²) in [4.78, 5) is 72.1. The Morgan fingerprint density at radius 1 is 0.325 bits per heavy atom. The number of carbonyl (C=O) groups excluding carboxylic acids is 4. The average Bonchev–Trinajstić information content (AvgIpc) is 3.46. The van der Waals surface area contributed by atoms with Crippen LogP contribution in [0.3, 0.4) is 0 Å². The summed E-state index contributed by atoms with van der Waals surface area (Å²) in [6, 6.07) is 0. The Labute approximate surface area is 505 Å². The van der Waals surface area contributed by atoms with Crippen molar-refractivity contribution >= 4 is 39.5 Å². The summed E-state index contributed by atoms with van der Waals surface area (Å²) in [7, 11) is -9.88. The molecule has 0 aromatic carbocycles. The number of hydrogen-bond acceptors (Lipinski definition) is 15. The minimum Gasteiger partial charge on any atom is -0.462 e. The van der Waals surface area contributed by atoms with Crippen LogP contribution in [0.2, 0.25) is 0 Å². The smallest absolute Gasteiger partial charge is 0.462 e. The van der Waals surface area contributed by atoms with Crippen LogP contribution in [-0.4, -0.2) is 96.7 Å². The van der Waals surface area contributed by atoms with E-state index in [1.807, 2.05) is 0 Å². The van der Waals surface area contributed by atoms with Crippen molar-refractivity contribution < 1.29 is 80.2 Å². The summed E-state index contributed by atoms with van der Waals surface area (Å²) in [6.45, 7) is 7.10. The van der Waals surface area contributed by atoms with Gasteiger partial charge in [-0.2, -0.15) is 0 Å². The molecule has 0 fully saturated rings. The molecule has 0 aromatic heterocycles. The molecule has 3 N–H and O–H groups in total. The first-order valence-corrected chi connectivity index (χ1v) is 36.6. The molecule has 0 aromatic rings. The average molecular weight is 1230 g/mol. The minimum absolute atomic E-state index is 0.103. The van der Waals surface area contributed by atoms with Gasteiger partial charge in [0.05, 0.1) is 26.4 Å². The number of rotatable bonds is 64. The third-order valence-electron chi connectivity index (χ3n) is 14.8. The highest BCUT2D eigenvalue weighted by Gasteiger charge is 2.30. The third kappa shape index (κ3) is 58.8. The number of phosphoric ester groups is 2. The van der Waals surface area contributed by atoms with E-state index < -0.39 is 97.5 Å². The van der Waals surface area contributed by atoms with Gasteiger partial charge in [-0.05, 0) is 31.6 Å². The zero-order valence-electron chi connectivity index (χ0n) is 53.3. The maximum atomic E-state index is 13.0. The number of aliphatic hydroxyl groups is 1. The molecule has 0 saturated carbocycles. The van der Waals surface area contributed by atoms with Gasteiger partial charge in [-0.1, -0.05) is 272 Å². The van der Waals surface area contributed by atoms with E-state index in [0.29, 0.717) is 31.6 Å². The van der Waals surface area contributed by atoms with Gasteiger partial charge in [-0.25, -0.2) is 9.13 Å². The summed E-state index contributed by atoms with van der Waals surface area (Å²) in [5, 5.41) is 10.5. The van der Waals surface area contributed by atoms with Crippen LogP contribution >= 0.6 is 15.6 Å². The highest BCUT2D eigenvalue weighted by atomic mass is 31.2. The second-order valence-electron chi connectivity index (χ2n) is 23.6. The molecule has 0 amide bonds. The molecule has 0 radical (unpaired) electrons. The van der Waals surface area contributed by atoms with Crippen LogP contribution in [0.4, 0.5) is 0 Å². The zero-order valence-corrected chi connectivity index (χ0v) is 55.1. The van der Waals surface area contributed by atoms with Crippen molar-refractivity contribution in [1.82, 2.24) is 0 Å². The molecule has 5 atom stereocenters. The molecule has 0 heterocycles. The van der Waals surface area contributed by atoms with Gasteiger partial charge in [-0.3, -0.25) is 37.3 Å². The molecule has 19 heteroatoms. The first kappa shape index (κ1) is 81.1. The van der Waals surface area contributed by atoms with E-state index in [2.05, 4.69) is 34.6 Å². The number of ether oxygens (including phenoxy) is 4. The van der Waals surface area contributed by atoms with Crippen LogP contribution in [0.1, 0.15) is 324 Å². The molecule has 17 nitrogen and oxygen atoms in total. The van der Waals surface area contributed by atoms with Crippen LogP contribution in [-0.2, 0) is 65.4 Å². The predicted molar refractivity (Wildman–Crippen MR) is 331 cm³/mol. The molecule has 0 spiro atoms. The summed E-state index contributed by atoms with van der Waals surface area (Å²) in [6.07, 6.45) is 41.8. The molecule has 0 aliphatic rings. The van der Waals surface area contributed by atoms with Crippen LogP contribution in [0.25, 0.3) is 0 Å². The number of hydrogen-bond donors (Lipinski definition) is 3. The van der Waals surface area contributed by atoms with Gasteiger partial charge >= 0.3 is 39.5 Å². The summed E-state index contributed by atoms with van der Waals surface area (Å²) in [5.41, 5.74) is 0. The predicted octanol–water partition coefficient (Wildman–Crippen LogP) is 17.8. The number of aliphatic hydroxyl groups excluding tert-OH is 1. The summed E-state index contributed by atoms with van der Waals surface area (Å²) < 4.78 is 67.9. The molecule has 0 saturated heterocycles. The minimum atomic E-state index is -4.94. The van der Waals surface area contributed by atoms with E-state index in [0.717, 1.165) is 103 Å². The molecule has 0 bridgehead atoms. The highest BCUT2D eigenvalue weighted by Crippen LogP contribution is 2.45. The van der Waals surface area contributed by atoms with Gasteiger partial charge < -0.3 is 33.8 Å². The van der Waals surface area contributed by atoms with Gasteiger partial charge in [0.2, 0.25) is 0 Å². The fraction of sp³-hybridized carbons (Fsp3) is 0.938. The lowest BCUT2D eigenvalue weighted by atomic mass is 10.0. The van der Waals surface area contributed by atoms with Gasteiger partial charge in [-0.15, -0.1) is 0 Å². The van der Waals surface area contributed by atoms with Crippen molar-refractivity contribution in [2.75, 3.05) is 39.6 Å². The Morgan fingerprint density at radius 3 is 0.819 bits per heavy atom. The highest BCUT2D eigenvalue weighted by molar-refractivity contribution is 7.47. The maximum absolute atomic E-state index is 13.0. The molecule has 492 valence electrons. The Hall–Kier alpha value is -1.94. The summed E-state index contributed by atoms with van der Waals surface area (Å²) in [5.74, 6) is -1.44. The van der Waals surface area contributed by atoms with E-state index in [9.17, 15) is 43.2 Å². The maximum Gasteiger partial charge on any atom is 0.472 e. The van der Waals surface area contributed by atoms with Crippen molar-refractivity contribution in [3.8, 4) is 0 Å². The topological polar surface area (TPSA) is 237 Å². The van der Waals surface area contributed by atoms with E-state index in [1.54, 1.807) is 0 Å². The van der Waals surface area contributed by atoms with Gasteiger partial charge in [0.15, 0.2) is 12.2 Å². The first-order valence-electron chi connectivity index (χ1n) is 33.6. The molecule has 83 heavy (non-hydrogen) atoms. The fourth-order valence-corrected chi connectivity index (χ4v) is 11.2. The van der Waals surface area contributed by atoms with Crippen molar-refractivity contribution in [3.63, 3.8) is 0 Å². The first-order chi connectivity index (χ1) is 40.0. The lowest BCUT2D eigenvalue weighted by Crippen LogP contribution is -2.30. The Morgan fingerprint density at radius 2 is 0.554 bits per heavy atom. The number of esters is 4. The van der Waals surface area contributed by atoms with Crippen LogP contribution in [0, 0.1) is 5.92 Å². The summed E-state index contributed by atoms with van der Waals surface area (Å²) >= 11 is 0. The van der Waals surface area contributed by atoms with Crippen LogP contribution in [0.15, 0.2) is 0 Å². The Kier molecular flexibility index (Phi) is 56.4. The lowest BCUT2D eigenvalue weighted by Gasteiger charge is -2.21. The molecule has 0 rings (SSSR count). The lowest BCUT2D eigenvalue weighted by molar-refractivity contribution is -0.161. The van der Waals surface area contributed by atoms with E-state index >= 15 is 0 Å². The monoisotopic (exact) mass is 1230 g/mol. The quantitative estimate of drug-likeness (QED) is 0.0222. The Bertz CT molecular complexity index is 1620. The van der Waals surface area contributed by atoms with Crippen molar-refractivity contribution in [3.05, 3.63) is 0 Å². The van der Waals surface area contributed by atoms with Gasteiger partial charge in [0, 0.05) is 25.7 Å². The largest absolute Gasteiger partial charge is 0.472 e. The molecular formula is C64H124O17P2. The van der Waals surface area contributed by atoms with Crippen LogP contribution < -0.4 is 0 Å². The normalized spacial score (nSPS) is 14.2.